The van der Waals surface area contributed by atoms with E-state index in [2.05, 4.69) is 5.32 Å². The summed E-state index contributed by atoms with van der Waals surface area (Å²) in [7, 11) is 0. The van der Waals surface area contributed by atoms with Crippen LogP contribution in [0, 0.1) is 0 Å². The van der Waals surface area contributed by atoms with Gasteiger partial charge in [-0.1, -0.05) is 0 Å². The van der Waals surface area contributed by atoms with Crippen LogP contribution >= 0.6 is 0 Å². The summed E-state index contributed by atoms with van der Waals surface area (Å²) < 4.78 is 4.86. The van der Waals surface area contributed by atoms with Gasteiger partial charge in [-0.15, -0.1) is 0 Å². The molecule has 14 heavy (non-hydrogen) atoms. The monoisotopic (exact) mass is 208 g/mol. The van der Waals surface area contributed by atoms with Crippen LogP contribution in [0.5, 0.6) is 0 Å². The Morgan fingerprint density at radius 3 is 2.36 bits per heavy atom. The average Bonchev–Trinajstić information content (AvgIpc) is 2.18. The van der Waals surface area contributed by atoms with Gasteiger partial charge in [-0.05, 0) is 0 Å². The van der Waals surface area contributed by atoms with Crippen LogP contribution in [0.3, 0.4) is 0 Å². The molecule has 7 N–H and O–H groups in total. The summed E-state index contributed by atoms with van der Waals surface area (Å²) >= 11 is 0. The molecule has 7 heteroatoms. The minimum atomic E-state index is -1.30. The second-order valence-corrected chi connectivity index (χ2v) is 3.16. The summed E-state index contributed by atoms with van der Waals surface area (Å²) in [6.07, 6.45) is -4.74. The number of aliphatic hydroxyl groups excluding tert-OH is 4. The Kier molecular flexibility index (Phi) is 4.20. The largest absolute Gasteiger partial charge is 0.394 e. The molecule has 0 aromatic carbocycles. The van der Waals surface area contributed by atoms with E-state index in [4.69, 9.17) is 15.6 Å². The lowest BCUT2D eigenvalue weighted by atomic mass is 9.97. The first-order valence-electron chi connectivity index (χ1n) is 4.35. The van der Waals surface area contributed by atoms with Crippen LogP contribution in [-0.4, -0.2) is 64.3 Å². The Morgan fingerprint density at radius 2 is 1.86 bits per heavy atom. The molecule has 0 amide bonds. The van der Waals surface area contributed by atoms with E-state index in [0.717, 1.165) is 0 Å². The molecule has 0 aromatic rings. The highest BCUT2D eigenvalue weighted by Gasteiger charge is 2.42. The molecule has 0 aliphatic carbocycles. The summed E-state index contributed by atoms with van der Waals surface area (Å²) in [6.45, 7) is -0.427. The zero-order valence-corrected chi connectivity index (χ0v) is 7.58. The Morgan fingerprint density at radius 1 is 1.21 bits per heavy atom. The van der Waals surface area contributed by atoms with Crippen LogP contribution < -0.4 is 11.1 Å². The zero-order chi connectivity index (χ0) is 10.7. The van der Waals surface area contributed by atoms with Crippen LogP contribution in [0.25, 0.3) is 0 Å². The Labute approximate surface area is 81.1 Å². The van der Waals surface area contributed by atoms with Crippen molar-refractivity contribution in [3.63, 3.8) is 0 Å². The van der Waals surface area contributed by atoms with Gasteiger partial charge >= 0.3 is 0 Å². The molecule has 0 bridgehead atoms. The summed E-state index contributed by atoms with van der Waals surface area (Å²) in [4.78, 5) is 0. The third kappa shape index (κ3) is 2.20. The van der Waals surface area contributed by atoms with E-state index < -0.39 is 37.3 Å². The first-order chi connectivity index (χ1) is 6.61. The number of hydrogen-bond donors (Lipinski definition) is 6. The van der Waals surface area contributed by atoms with Crippen molar-refractivity contribution in [3.8, 4) is 0 Å². The first kappa shape index (κ1) is 11.8. The van der Waals surface area contributed by atoms with Gasteiger partial charge in [0.05, 0.1) is 12.6 Å². The van der Waals surface area contributed by atoms with Crippen LogP contribution in [0.4, 0.5) is 0 Å². The van der Waals surface area contributed by atoms with Crippen LogP contribution in [-0.2, 0) is 4.74 Å². The van der Waals surface area contributed by atoms with Gasteiger partial charge in [0, 0.05) is 6.67 Å². The fourth-order valence-corrected chi connectivity index (χ4v) is 1.45. The van der Waals surface area contributed by atoms with Crippen LogP contribution in [0.1, 0.15) is 0 Å². The van der Waals surface area contributed by atoms with Crippen molar-refractivity contribution >= 4 is 0 Å². The van der Waals surface area contributed by atoms with E-state index in [1.165, 1.54) is 0 Å². The molecular formula is C7H16N2O5. The fourth-order valence-electron chi connectivity index (χ4n) is 1.45. The lowest BCUT2D eigenvalue weighted by molar-refractivity contribution is -0.254. The number of nitrogens with one attached hydrogen (secondary N) is 1. The molecule has 7 nitrogen and oxygen atoms in total. The Balaban J connectivity index is 2.63. The molecule has 0 spiro atoms. The van der Waals surface area contributed by atoms with E-state index in [1.807, 2.05) is 0 Å². The minimum absolute atomic E-state index is 0.0403. The highest BCUT2D eigenvalue weighted by molar-refractivity contribution is 4.92. The molecule has 1 aliphatic heterocycles. The van der Waals surface area contributed by atoms with Gasteiger partial charge in [-0.25, -0.2) is 0 Å². The predicted molar refractivity (Wildman–Crippen MR) is 46.0 cm³/mol. The zero-order valence-electron chi connectivity index (χ0n) is 7.58. The number of hydrogen-bond acceptors (Lipinski definition) is 7. The summed E-state index contributed by atoms with van der Waals surface area (Å²) in [5.41, 5.74) is 5.18. The predicted octanol–water partition coefficient (Wildman–Crippen LogP) is -3.71. The van der Waals surface area contributed by atoms with Crippen molar-refractivity contribution in [1.82, 2.24) is 5.32 Å². The molecule has 1 rings (SSSR count). The second kappa shape index (κ2) is 4.99. The molecular weight excluding hydrogens is 192 g/mol. The third-order valence-corrected chi connectivity index (χ3v) is 2.25. The van der Waals surface area contributed by atoms with Crippen molar-refractivity contribution < 1.29 is 25.2 Å². The molecule has 1 heterocycles. The van der Waals surface area contributed by atoms with E-state index in [9.17, 15) is 15.3 Å². The highest BCUT2D eigenvalue weighted by atomic mass is 16.6. The van der Waals surface area contributed by atoms with Crippen molar-refractivity contribution in [2.75, 3.05) is 13.3 Å². The third-order valence-electron chi connectivity index (χ3n) is 2.25. The maximum atomic E-state index is 9.52. The van der Waals surface area contributed by atoms with Crippen molar-refractivity contribution in [2.45, 2.75) is 30.6 Å². The van der Waals surface area contributed by atoms with Crippen LogP contribution in [0.15, 0.2) is 0 Å². The van der Waals surface area contributed by atoms with Crippen molar-refractivity contribution in [2.24, 2.45) is 5.73 Å². The molecule has 1 fully saturated rings. The van der Waals surface area contributed by atoms with Gasteiger partial charge < -0.3 is 30.9 Å². The summed E-state index contributed by atoms with van der Waals surface area (Å²) in [6, 6.07) is -0.849. The van der Waals surface area contributed by atoms with E-state index in [1.54, 1.807) is 0 Å². The summed E-state index contributed by atoms with van der Waals surface area (Å²) in [5.74, 6) is 0. The van der Waals surface area contributed by atoms with Gasteiger partial charge in [0.25, 0.3) is 0 Å². The number of rotatable bonds is 3. The van der Waals surface area contributed by atoms with Gasteiger partial charge in [0.2, 0.25) is 0 Å². The van der Waals surface area contributed by atoms with Gasteiger partial charge in [-0.3, -0.25) is 5.32 Å². The van der Waals surface area contributed by atoms with E-state index in [0.29, 0.717) is 0 Å². The average molecular weight is 208 g/mol. The fraction of sp³-hybridized carbons (Fsp3) is 1.00. The quantitative estimate of drug-likeness (QED) is 0.263. The van der Waals surface area contributed by atoms with Gasteiger partial charge in [0.15, 0.2) is 6.29 Å². The number of nitrogens with two attached hydrogens (primary N) is 1. The van der Waals surface area contributed by atoms with Crippen molar-refractivity contribution in [3.05, 3.63) is 0 Å². The Hall–Kier alpha value is -0.280. The number of aliphatic hydroxyl groups is 4. The lowest BCUT2D eigenvalue weighted by Crippen LogP contribution is -2.63. The molecule has 3 unspecified atom stereocenters. The van der Waals surface area contributed by atoms with Crippen molar-refractivity contribution in [1.29, 1.82) is 0 Å². The highest BCUT2D eigenvalue weighted by Crippen LogP contribution is 2.19. The molecule has 0 saturated carbocycles. The topological polar surface area (TPSA) is 128 Å². The van der Waals surface area contributed by atoms with Crippen LogP contribution in [0.2, 0.25) is 0 Å². The molecule has 84 valence electrons. The molecule has 1 saturated heterocycles. The second-order valence-electron chi connectivity index (χ2n) is 3.16. The molecule has 0 aromatic heterocycles. The molecule has 1 aliphatic rings. The smallest absolute Gasteiger partial charge is 0.173 e. The number of ether oxygens (including phenoxy) is 1. The standard InChI is InChI=1S/C7H16N2O5/c8-2-9-4-6(12)5(11)3(1-10)14-7(4)13/h3-7,9-13H,1-2,8H2/t3?,4?,5-,6+,7?/m0/s1. The molecule has 5 atom stereocenters. The van der Waals surface area contributed by atoms with Gasteiger partial charge in [-0.2, -0.15) is 0 Å². The lowest BCUT2D eigenvalue weighted by Gasteiger charge is -2.40. The molecule has 0 radical (unpaired) electrons. The SMILES string of the molecule is NCNC1C(O)OC(CO)[C@H](O)[C@@H]1O. The summed E-state index contributed by atoms with van der Waals surface area (Å²) in [5, 5.41) is 39.6. The van der Waals surface area contributed by atoms with E-state index in [-0.39, 0.29) is 6.67 Å². The minimum Gasteiger partial charge on any atom is -0.394 e. The van der Waals surface area contributed by atoms with E-state index >= 15 is 0 Å². The maximum absolute atomic E-state index is 9.52. The first-order valence-corrected chi connectivity index (χ1v) is 4.35. The normalized spacial score (nSPS) is 43.9. The Bertz CT molecular complexity index is 181. The van der Waals surface area contributed by atoms with Gasteiger partial charge in [0.1, 0.15) is 18.3 Å². The maximum Gasteiger partial charge on any atom is 0.173 e.